The molecule has 2 amide bonds. The number of likely N-dealkylation sites (tertiary alicyclic amines) is 1. The van der Waals surface area contributed by atoms with E-state index in [4.69, 9.17) is 4.74 Å². The number of anilines is 1. The smallest absolute Gasteiger partial charge is 0.311 e. The number of carbonyl (C=O) groups excluding carboxylic acids is 3. The molecule has 3 rings (SSSR count). The first-order valence-electron chi connectivity index (χ1n) is 10.4. The summed E-state index contributed by atoms with van der Waals surface area (Å²) >= 11 is 0. The van der Waals surface area contributed by atoms with Crippen molar-refractivity contribution in [1.29, 1.82) is 0 Å². The fourth-order valence-electron chi connectivity index (χ4n) is 3.72. The predicted octanol–water partition coefficient (Wildman–Crippen LogP) is 3.34. The number of nitrogens with one attached hydrogen (secondary N) is 1. The third-order valence-electron chi connectivity index (χ3n) is 5.37. The maximum atomic E-state index is 12.4. The third kappa shape index (κ3) is 5.26. The highest BCUT2D eigenvalue weighted by Crippen LogP contribution is 2.23. The molecular weight excluding hydrogens is 380 g/mol. The second kappa shape index (κ2) is 10.1. The molecule has 1 heterocycles. The Bertz CT molecular complexity index is 888. The normalized spacial score (nSPS) is 15.9. The summed E-state index contributed by atoms with van der Waals surface area (Å²) in [7, 11) is 0. The lowest BCUT2D eigenvalue weighted by Gasteiger charge is -2.17. The summed E-state index contributed by atoms with van der Waals surface area (Å²) in [4.78, 5) is 38.7. The standard InChI is InChI=1S/C24H28N2O4/c1-3-18-11-8-12-19(4-2)23(18)25-21(27)16-30-24(29)20-13-22(28)26(15-20)14-17-9-6-5-7-10-17/h5-12,20H,3-4,13-16H2,1-2H3,(H,25,27)/t20-/m0/s1. The summed E-state index contributed by atoms with van der Waals surface area (Å²) in [6, 6.07) is 15.6. The van der Waals surface area contributed by atoms with Crippen LogP contribution in [0.1, 0.15) is 37.0 Å². The van der Waals surface area contributed by atoms with Crippen LogP contribution in [0.15, 0.2) is 48.5 Å². The van der Waals surface area contributed by atoms with E-state index in [2.05, 4.69) is 5.32 Å². The van der Waals surface area contributed by atoms with Crippen LogP contribution in [0, 0.1) is 5.92 Å². The van der Waals surface area contributed by atoms with Gasteiger partial charge in [-0.3, -0.25) is 14.4 Å². The molecule has 1 atom stereocenters. The van der Waals surface area contributed by atoms with Crippen molar-refractivity contribution in [2.75, 3.05) is 18.5 Å². The average molecular weight is 408 g/mol. The van der Waals surface area contributed by atoms with E-state index in [1.807, 2.05) is 62.4 Å². The molecule has 0 spiro atoms. The van der Waals surface area contributed by atoms with Gasteiger partial charge in [0.05, 0.1) is 5.92 Å². The molecule has 1 fully saturated rings. The molecule has 2 aromatic carbocycles. The maximum absolute atomic E-state index is 12.4. The van der Waals surface area contributed by atoms with E-state index in [1.54, 1.807) is 4.90 Å². The summed E-state index contributed by atoms with van der Waals surface area (Å²) in [6.07, 6.45) is 1.71. The first-order chi connectivity index (χ1) is 14.5. The summed E-state index contributed by atoms with van der Waals surface area (Å²) in [5.74, 6) is -1.49. The molecule has 1 N–H and O–H groups in total. The van der Waals surface area contributed by atoms with Crippen LogP contribution in [0.5, 0.6) is 0 Å². The molecular formula is C24H28N2O4. The van der Waals surface area contributed by atoms with Gasteiger partial charge in [-0.25, -0.2) is 0 Å². The van der Waals surface area contributed by atoms with Gasteiger partial charge in [-0.05, 0) is 29.5 Å². The van der Waals surface area contributed by atoms with Crippen molar-refractivity contribution in [3.8, 4) is 0 Å². The van der Waals surface area contributed by atoms with Crippen LogP contribution >= 0.6 is 0 Å². The Labute approximate surface area is 177 Å². The van der Waals surface area contributed by atoms with Gasteiger partial charge in [0, 0.05) is 25.2 Å². The zero-order valence-corrected chi connectivity index (χ0v) is 17.5. The van der Waals surface area contributed by atoms with E-state index in [0.717, 1.165) is 35.2 Å². The lowest BCUT2D eigenvalue weighted by atomic mass is 10.0. The molecule has 1 aliphatic rings. The van der Waals surface area contributed by atoms with Gasteiger partial charge < -0.3 is 15.0 Å². The van der Waals surface area contributed by atoms with Crippen LogP contribution in [-0.2, 0) is 38.5 Å². The highest BCUT2D eigenvalue weighted by Gasteiger charge is 2.35. The Morgan fingerprint density at radius 3 is 2.33 bits per heavy atom. The fourth-order valence-corrected chi connectivity index (χ4v) is 3.72. The van der Waals surface area contributed by atoms with Crippen LogP contribution in [0.2, 0.25) is 0 Å². The third-order valence-corrected chi connectivity index (χ3v) is 5.37. The molecule has 1 aliphatic heterocycles. The fraction of sp³-hybridized carbons (Fsp3) is 0.375. The Kier molecular flexibility index (Phi) is 7.22. The molecule has 0 radical (unpaired) electrons. The quantitative estimate of drug-likeness (QED) is 0.680. The van der Waals surface area contributed by atoms with Gasteiger partial charge in [0.1, 0.15) is 0 Å². The second-order valence-corrected chi connectivity index (χ2v) is 7.48. The van der Waals surface area contributed by atoms with Crippen molar-refractivity contribution in [2.24, 2.45) is 5.92 Å². The summed E-state index contributed by atoms with van der Waals surface area (Å²) in [6.45, 7) is 4.49. The Morgan fingerprint density at radius 1 is 1.03 bits per heavy atom. The molecule has 0 bridgehead atoms. The SMILES string of the molecule is CCc1cccc(CC)c1NC(=O)COC(=O)[C@H]1CC(=O)N(Cc2ccccc2)C1. The Morgan fingerprint density at radius 2 is 1.70 bits per heavy atom. The number of nitrogens with zero attached hydrogens (tertiary/aromatic N) is 1. The lowest BCUT2D eigenvalue weighted by Crippen LogP contribution is -2.28. The van der Waals surface area contributed by atoms with Crippen molar-refractivity contribution in [3.63, 3.8) is 0 Å². The molecule has 0 unspecified atom stereocenters. The Balaban J connectivity index is 1.52. The number of hydrogen-bond acceptors (Lipinski definition) is 4. The number of rotatable bonds is 8. The van der Waals surface area contributed by atoms with E-state index >= 15 is 0 Å². The molecule has 0 saturated carbocycles. The van der Waals surface area contributed by atoms with Crippen LogP contribution in [0.25, 0.3) is 0 Å². The number of hydrogen-bond donors (Lipinski definition) is 1. The maximum Gasteiger partial charge on any atom is 0.311 e. The van der Waals surface area contributed by atoms with Gasteiger partial charge in [-0.1, -0.05) is 62.4 Å². The molecule has 6 heteroatoms. The molecule has 6 nitrogen and oxygen atoms in total. The van der Waals surface area contributed by atoms with Gasteiger partial charge in [0.15, 0.2) is 6.61 Å². The highest BCUT2D eigenvalue weighted by atomic mass is 16.5. The van der Waals surface area contributed by atoms with Gasteiger partial charge in [-0.15, -0.1) is 0 Å². The van der Waals surface area contributed by atoms with E-state index in [0.29, 0.717) is 13.1 Å². The van der Waals surface area contributed by atoms with Gasteiger partial charge in [0.25, 0.3) is 5.91 Å². The van der Waals surface area contributed by atoms with Crippen LogP contribution in [0.3, 0.4) is 0 Å². The second-order valence-electron chi connectivity index (χ2n) is 7.48. The number of aryl methyl sites for hydroxylation is 2. The lowest BCUT2D eigenvalue weighted by molar-refractivity contribution is -0.151. The van der Waals surface area contributed by atoms with Crippen LogP contribution in [-0.4, -0.2) is 35.8 Å². The van der Waals surface area contributed by atoms with E-state index in [1.165, 1.54) is 0 Å². The molecule has 158 valence electrons. The summed E-state index contributed by atoms with van der Waals surface area (Å²) < 4.78 is 5.22. The first-order valence-corrected chi connectivity index (χ1v) is 10.4. The van der Waals surface area contributed by atoms with E-state index < -0.39 is 11.9 Å². The largest absolute Gasteiger partial charge is 0.455 e. The molecule has 30 heavy (non-hydrogen) atoms. The van der Waals surface area contributed by atoms with Gasteiger partial charge in [-0.2, -0.15) is 0 Å². The van der Waals surface area contributed by atoms with Crippen molar-refractivity contribution in [2.45, 2.75) is 39.7 Å². The van der Waals surface area contributed by atoms with Gasteiger partial charge >= 0.3 is 5.97 Å². The van der Waals surface area contributed by atoms with Crippen LogP contribution < -0.4 is 5.32 Å². The molecule has 1 saturated heterocycles. The summed E-state index contributed by atoms with van der Waals surface area (Å²) in [5.41, 5.74) is 3.91. The number of amides is 2. The van der Waals surface area contributed by atoms with E-state index in [-0.39, 0.29) is 24.8 Å². The monoisotopic (exact) mass is 408 g/mol. The molecule has 0 aromatic heterocycles. The first kappa shape index (κ1) is 21.6. The minimum Gasteiger partial charge on any atom is -0.455 e. The topological polar surface area (TPSA) is 75.7 Å². The number of esters is 1. The number of benzene rings is 2. The average Bonchev–Trinajstić information content (AvgIpc) is 3.13. The molecule has 2 aromatic rings. The predicted molar refractivity (Wildman–Crippen MR) is 115 cm³/mol. The van der Waals surface area contributed by atoms with Crippen LogP contribution in [0.4, 0.5) is 5.69 Å². The van der Waals surface area contributed by atoms with E-state index in [9.17, 15) is 14.4 Å². The minimum absolute atomic E-state index is 0.0743. The van der Waals surface area contributed by atoms with Crippen molar-refractivity contribution in [3.05, 3.63) is 65.2 Å². The highest BCUT2D eigenvalue weighted by molar-refractivity contribution is 5.95. The zero-order valence-electron chi connectivity index (χ0n) is 17.5. The molecule has 0 aliphatic carbocycles. The number of ether oxygens (including phenoxy) is 1. The van der Waals surface area contributed by atoms with Crippen molar-refractivity contribution in [1.82, 2.24) is 4.90 Å². The Hall–Kier alpha value is -3.15. The minimum atomic E-state index is -0.539. The van der Waals surface area contributed by atoms with Crippen molar-refractivity contribution >= 4 is 23.5 Å². The van der Waals surface area contributed by atoms with Crippen molar-refractivity contribution < 1.29 is 19.1 Å². The van der Waals surface area contributed by atoms with Gasteiger partial charge in [0.2, 0.25) is 5.91 Å². The number of carbonyl (C=O) groups is 3. The zero-order chi connectivity index (χ0) is 21.5. The summed E-state index contributed by atoms with van der Waals surface area (Å²) in [5, 5.41) is 2.88. The number of para-hydroxylation sites is 1.